The topological polar surface area (TPSA) is 35.9 Å². The first-order valence-corrected chi connectivity index (χ1v) is 19.4. The number of aryl methyl sites for hydroxylation is 1. The van der Waals surface area contributed by atoms with Crippen LogP contribution in [0, 0.1) is 18.3 Å². The number of hydrogen-bond acceptors (Lipinski definition) is 4. The maximum atomic E-state index is 6.36. The van der Waals surface area contributed by atoms with Crippen molar-refractivity contribution >= 4 is 10.9 Å². The number of benzene rings is 5. The Morgan fingerprint density at radius 3 is 1.94 bits per heavy atom. The van der Waals surface area contributed by atoms with Crippen molar-refractivity contribution in [2.24, 2.45) is 11.3 Å². The van der Waals surface area contributed by atoms with Gasteiger partial charge in [-0.2, -0.15) is 0 Å². The highest BCUT2D eigenvalue weighted by Gasteiger charge is 2.49. The number of hydrogen-bond donors (Lipinski definition) is 0. The minimum Gasteiger partial charge on any atom is -0.492 e. The van der Waals surface area contributed by atoms with Crippen molar-refractivity contribution < 1.29 is 14.2 Å². The smallest absolute Gasteiger partial charge is 0.120 e. The maximum absolute atomic E-state index is 6.36. The Morgan fingerprint density at radius 2 is 1.26 bits per heavy atom. The van der Waals surface area contributed by atoms with Crippen LogP contribution in [0.15, 0.2) is 127 Å². The molecule has 3 atom stereocenters. The van der Waals surface area contributed by atoms with Crippen LogP contribution in [-0.2, 0) is 19.8 Å². The van der Waals surface area contributed by atoms with Crippen LogP contribution in [0.4, 0.5) is 0 Å². The van der Waals surface area contributed by atoms with Crippen LogP contribution in [-0.4, -0.2) is 34.7 Å². The molecule has 0 N–H and O–H groups in total. The Bertz CT molecular complexity index is 2120. The van der Waals surface area contributed by atoms with Crippen LogP contribution < -0.4 is 14.2 Å². The van der Waals surface area contributed by atoms with Gasteiger partial charge in [0.2, 0.25) is 0 Å². The minimum atomic E-state index is 0.378. The zero-order chi connectivity index (χ0) is 36.4. The van der Waals surface area contributed by atoms with E-state index in [1.165, 1.54) is 47.0 Å². The van der Waals surface area contributed by atoms with Crippen LogP contribution >= 0.6 is 0 Å². The van der Waals surface area contributed by atoms with Gasteiger partial charge in [0.25, 0.3) is 0 Å². The van der Waals surface area contributed by atoms with E-state index in [2.05, 4.69) is 140 Å². The van der Waals surface area contributed by atoms with Crippen molar-refractivity contribution in [3.63, 3.8) is 0 Å². The number of nitrogens with zero attached hydrogens (tertiary/aromatic N) is 2. The number of rotatable bonds is 13. The lowest BCUT2D eigenvalue weighted by atomic mass is 9.73. The summed E-state index contributed by atoms with van der Waals surface area (Å²) in [5.74, 6) is 3.41. The fourth-order valence-corrected chi connectivity index (χ4v) is 9.23. The summed E-state index contributed by atoms with van der Waals surface area (Å²) in [6.45, 7) is 13.1. The molecule has 2 bridgehead atoms. The van der Waals surface area contributed by atoms with Crippen molar-refractivity contribution in [3.8, 4) is 28.5 Å². The summed E-state index contributed by atoms with van der Waals surface area (Å²) in [7, 11) is 0. The van der Waals surface area contributed by atoms with Gasteiger partial charge in [-0.25, -0.2) is 0 Å². The fraction of sp³-hybridized carbons (Fsp3) is 0.333. The third-order valence-electron chi connectivity index (χ3n) is 11.8. The summed E-state index contributed by atoms with van der Waals surface area (Å²) in [6, 6.07) is 45.7. The van der Waals surface area contributed by atoms with E-state index in [-0.39, 0.29) is 0 Å². The SMILES string of the molecule is Cc1c(-c2ccc(OCc3ccccc3)cc2)n(Cc2ccc(OCCN3C4CCC3C(C)(C)CC4C)cc2)c2ccc(OCc3ccccc3)cc12. The van der Waals surface area contributed by atoms with Gasteiger partial charge < -0.3 is 18.8 Å². The third-order valence-corrected chi connectivity index (χ3v) is 11.8. The summed E-state index contributed by atoms with van der Waals surface area (Å²) < 4.78 is 21.2. The van der Waals surface area contributed by atoms with E-state index in [1.54, 1.807) is 0 Å². The lowest BCUT2D eigenvalue weighted by Crippen LogP contribution is -2.53. The first kappa shape index (κ1) is 35.1. The summed E-state index contributed by atoms with van der Waals surface area (Å²) in [4.78, 5) is 2.75. The van der Waals surface area contributed by atoms with Crippen LogP contribution in [0.2, 0.25) is 0 Å². The number of ether oxygens (including phenoxy) is 3. The average molecular weight is 705 g/mol. The monoisotopic (exact) mass is 704 g/mol. The Labute approximate surface area is 315 Å². The van der Waals surface area contributed by atoms with Crippen molar-refractivity contribution in [2.45, 2.75) is 78.8 Å². The molecule has 0 spiro atoms. The molecule has 53 heavy (non-hydrogen) atoms. The van der Waals surface area contributed by atoms with Gasteiger partial charge in [-0.3, -0.25) is 4.90 Å². The second-order valence-corrected chi connectivity index (χ2v) is 15.9. The predicted octanol–water partition coefficient (Wildman–Crippen LogP) is 11.1. The van der Waals surface area contributed by atoms with Crippen molar-refractivity contribution in [1.82, 2.24) is 9.47 Å². The van der Waals surface area contributed by atoms with E-state index >= 15 is 0 Å². The highest BCUT2D eigenvalue weighted by atomic mass is 16.5. The Kier molecular flexibility index (Phi) is 10.0. The summed E-state index contributed by atoms with van der Waals surface area (Å²) in [5, 5.41) is 1.19. The molecular weight excluding hydrogens is 653 g/mol. The highest BCUT2D eigenvalue weighted by molar-refractivity contribution is 5.92. The van der Waals surface area contributed by atoms with Gasteiger partial charge in [-0.15, -0.1) is 0 Å². The lowest BCUT2D eigenvalue weighted by molar-refractivity contribution is -0.000397. The highest BCUT2D eigenvalue weighted by Crippen LogP contribution is 2.48. The molecule has 3 heterocycles. The van der Waals surface area contributed by atoms with Gasteiger partial charge in [0.05, 0.1) is 5.69 Å². The summed E-state index contributed by atoms with van der Waals surface area (Å²) >= 11 is 0. The predicted molar refractivity (Wildman–Crippen MR) is 216 cm³/mol. The number of piperidine rings is 1. The molecule has 0 aliphatic carbocycles. The molecule has 2 aliphatic rings. The molecule has 5 aromatic carbocycles. The van der Waals surface area contributed by atoms with Crippen molar-refractivity contribution in [1.29, 1.82) is 0 Å². The standard InChI is InChI=1S/C48H52N2O3/c1-34-30-48(3,4)46-26-25-44(34)49(46)27-28-51-40-19-15-36(16-20-40)31-50-45-24-23-42(53-33-38-13-9-6-10-14-38)29-43(45)35(2)47(50)39-17-21-41(22-18-39)52-32-37-11-7-5-8-12-37/h5-24,29,34,44,46H,25-28,30-33H2,1-4H3. The van der Waals surface area contributed by atoms with Crippen LogP contribution in [0.1, 0.15) is 62.3 Å². The Hall–Kier alpha value is -5.00. The van der Waals surface area contributed by atoms with Crippen molar-refractivity contribution in [2.75, 3.05) is 13.2 Å². The second-order valence-electron chi connectivity index (χ2n) is 15.9. The summed E-state index contributed by atoms with van der Waals surface area (Å²) in [5.41, 5.74) is 8.68. The lowest BCUT2D eigenvalue weighted by Gasteiger charge is -2.48. The molecule has 1 aromatic heterocycles. The Balaban J connectivity index is 1.01. The first-order chi connectivity index (χ1) is 25.8. The molecule has 0 radical (unpaired) electrons. The van der Waals surface area contributed by atoms with E-state index in [0.717, 1.165) is 59.6 Å². The second kappa shape index (κ2) is 15.2. The van der Waals surface area contributed by atoms with Gasteiger partial charge in [0.1, 0.15) is 37.1 Å². The fourth-order valence-electron chi connectivity index (χ4n) is 9.23. The van der Waals surface area contributed by atoms with E-state index in [1.807, 2.05) is 24.3 Å². The maximum Gasteiger partial charge on any atom is 0.120 e. The average Bonchev–Trinajstić information content (AvgIpc) is 3.70. The normalized spacial score (nSPS) is 19.4. The quantitative estimate of drug-likeness (QED) is 0.120. The molecule has 6 aromatic rings. The van der Waals surface area contributed by atoms with Gasteiger partial charge in [0.15, 0.2) is 0 Å². The molecule has 8 rings (SSSR count). The molecule has 2 aliphatic heterocycles. The van der Waals surface area contributed by atoms with E-state index < -0.39 is 0 Å². The molecule has 5 heteroatoms. The zero-order valence-electron chi connectivity index (χ0n) is 31.6. The Morgan fingerprint density at radius 1 is 0.660 bits per heavy atom. The number of aromatic nitrogens is 1. The van der Waals surface area contributed by atoms with Gasteiger partial charge in [-0.1, -0.05) is 93.6 Å². The molecule has 5 nitrogen and oxygen atoms in total. The molecular formula is C48H52N2O3. The summed E-state index contributed by atoms with van der Waals surface area (Å²) in [6.07, 6.45) is 3.98. The molecule has 0 amide bonds. The molecule has 2 fully saturated rings. The minimum absolute atomic E-state index is 0.378. The molecule has 3 unspecified atom stereocenters. The molecule has 0 saturated carbocycles. The molecule has 2 saturated heterocycles. The van der Waals surface area contributed by atoms with Gasteiger partial charge in [0, 0.05) is 36.1 Å². The number of fused-ring (bicyclic) bond motifs is 3. The van der Waals surface area contributed by atoms with E-state index in [9.17, 15) is 0 Å². The zero-order valence-corrected chi connectivity index (χ0v) is 31.6. The van der Waals surface area contributed by atoms with Crippen LogP contribution in [0.3, 0.4) is 0 Å². The molecule has 272 valence electrons. The van der Waals surface area contributed by atoms with E-state index in [0.29, 0.717) is 30.7 Å². The van der Waals surface area contributed by atoms with Gasteiger partial charge >= 0.3 is 0 Å². The third kappa shape index (κ3) is 7.59. The van der Waals surface area contributed by atoms with Crippen molar-refractivity contribution in [3.05, 3.63) is 150 Å². The van der Waals surface area contributed by atoms with Crippen LogP contribution in [0.25, 0.3) is 22.2 Å². The van der Waals surface area contributed by atoms with Gasteiger partial charge in [-0.05, 0) is 120 Å². The van der Waals surface area contributed by atoms with Crippen LogP contribution in [0.5, 0.6) is 17.2 Å². The van der Waals surface area contributed by atoms with E-state index in [4.69, 9.17) is 14.2 Å². The largest absolute Gasteiger partial charge is 0.492 e. The first-order valence-electron chi connectivity index (χ1n) is 19.4.